The molecule has 3 rings (SSSR count). The first kappa shape index (κ1) is 12.3. The predicted molar refractivity (Wildman–Crippen MR) is 78.6 cm³/mol. The van der Waals surface area contributed by atoms with Crippen molar-refractivity contribution in [3.63, 3.8) is 0 Å². The molecule has 0 aliphatic rings. The van der Waals surface area contributed by atoms with E-state index in [-0.39, 0.29) is 0 Å². The minimum absolute atomic E-state index is 0.390. The van der Waals surface area contributed by atoms with Crippen molar-refractivity contribution in [2.24, 2.45) is 0 Å². The largest absolute Gasteiger partial charge is 0.436 e. The van der Waals surface area contributed by atoms with Crippen LogP contribution in [0.3, 0.4) is 0 Å². The van der Waals surface area contributed by atoms with Crippen molar-refractivity contribution >= 4 is 40.0 Å². The lowest BCUT2D eigenvalue weighted by Crippen LogP contribution is -1.91. The number of benzene rings is 2. The van der Waals surface area contributed by atoms with Gasteiger partial charge in [0.15, 0.2) is 5.58 Å². The molecule has 0 saturated heterocycles. The van der Waals surface area contributed by atoms with Gasteiger partial charge in [-0.15, -0.1) is 0 Å². The fraction of sp³-hybridized carbons (Fsp3) is 0.0714. The molecule has 0 unspecified atom stereocenters. The number of nitrogens with two attached hydrogens (primary N) is 1. The van der Waals surface area contributed by atoms with E-state index in [4.69, 9.17) is 33.4 Å². The third-order valence-electron chi connectivity index (χ3n) is 2.94. The first-order valence-electron chi connectivity index (χ1n) is 5.67. The molecule has 0 aliphatic carbocycles. The number of para-hydroxylation sites is 1. The van der Waals surface area contributed by atoms with Gasteiger partial charge >= 0.3 is 0 Å². The molecule has 0 saturated carbocycles. The van der Waals surface area contributed by atoms with E-state index in [1.165, 1.54) is 0 Å². The van der Waals surface area contributed by atoms with Crippen molar-refractivity contribution in [3.8, 4) is 11.5 Å². The lowest BCUT2D eigenvalue weighted by atomic mass is 10.2. The van der Waals surface area contributed by atoms with E-state index >= 15 is 0 Å². The maximum Gasteiger partial charge on any atom is 0.229 e. The number of anilines is 1. The van der Waals surface area contributed by atoms with Crippen LogP contribution in [0.4, 0.5) is 5.69 Å². The van der Waals surface area contributed by atoms with E-state index in [2.05, 4.69) is 4.98 Å². The van der Waals surface area contributed by atoms with Crippen LogP contribution in [0.5, 0.6) is 0 Å². The van der Waals surface area contributed by atoms with Gasteiger partial charge in [-0.1, -0.05) is 35.3 Å². The van der Waals surface area contributed by atoms with E-state index in [1.54, 1.807) is 12.1 Å². The molecule has 19 heavy (non-hydrogen) atoms. The zero-order valence-corrected chi connectivity index (χ0v) is 11.6. The van der Waals surface area contributed by atoms with Gasteiger partial charge in [-0.3, -0.25) is 0 Å². The van der Waals surface area contributed by atoms with Crippen molar-refractivity contribution in [2.45, 2.75) is 6.92 Å². The minimum atomic E-state index is 0.390. The number of rotatable bonds is 1. The van der Waals surface area contributed by atoms with Gasteiger partial charge in [0.05, 0.1) is 16.3 Å². The first-order chi connectivity index (χ1) is 9.06. The van der Waals surface area contributed by atoms with Crippen LogP contribution in [0.2, 0.25) is 10.0 Å². The Morgan fingerprint density at radius 1 is 1.21 bits per heavy atom. The second-order valence-electron chi connectivity index (χ2n) is 4.29. The number of hydrogen-bond donors (Lipinski definition) is 1. The van der Waals surface area contributed by atoms with Crippen molar-refractivity contribution in [2.75, 3.05) is 5.73 Å². The molecule has 0 spiro atoms. The van der Waals surface area contributed by atoms with Crippen LogP contribution in [-0.4, -0.2) is 4.98 Å². The summed E-state index contributed by atoms with van der Waals surface area (Å²) in [5, 5.41) is 0.884. The van der Waals surface area contributed by atoms with Crippen LogP contribution in [-0.2, 0) is 0 Å². The quantitative estimate of drug-likeness (QED) is 0.662. The Bertz CT molecular complexity index is 780. The molecular formula is C14H10Cl2N2O. The van der Waals surface area contributed by atoms with Gasteiger partial charge < -0.3 is 10.2 Å². The minimum Gasteiger partial charge on any atom is -0.436 e. The molecule has 96 valence electrons. The molecule has 0 amide bonds. The van der Waals surface area contributed by atoms with Crippen LogP contribution in [0, 0.1) is 6.92 Å². The van der Waals surface area contributed by atoms with Gasteiger partial charge in [0.25, 0.3) is 0 Å². The molecule has 3 aromatic rings. The molecular weight excluding hydrogens is 283 g/mol. The Morgan fingerprint density at radius 2 is 2.00 bits per heavy atom. The van der Waals surface area contributed by atoms with Crippen LogP contribution in [0.25, 0.3) is 22.6 Å². The van der Waals surface area contributed by atoms with Gasteiger partial charge in [-0.05, 0) is 30.7 Å². The highest BCUT2D eigenvalue weighted by Crippen LogP contribution is 2.36. The SMILES string of the molecule is Cc1cccc2nc(-c3cc(Cl)cc(Cl)c3N)oc12. The summed E-state index contributed by atoms with van der Waals surface area (Å²) in [6.07, 6.45) is 0. The fourth-order valence-electron chi connectivity index (χ4n) is 1.96. The summed E-state index contributed by atoms with van der Waals surface area (Å²) in [5.74, 6) is 0.422. The second-order valence-corrected chi connectivity index (χ2v) is 5.13. The van der Waals surface area contributed by atoms with Gasteiger partial charge in [0.1, 0.15) is 5.52 Å². The summed E-state index contributed by atoms with van der Waals surface area (Å²) in [7, 11) is 0. The number of hydrogen-bond acceptors (Lipinski definition) is 3. The number of aryl methyl sites for hydroxylation is 1. The van der Waals surface area contributed by atoms with E-state index in [0.717, 1.165) is 16.7 Å². The number of fused-ring (bicyclic) bond motifs is 1. The summed E-state index contributed by atoms with van der Waals surface area (Å²) in [6.45, 7) is 1.96. The fourth-order valence-corrected chi connectivity index (χ4v) is 2.46. The third-order valence-corrected chi connectivity index (χ3v) is 3.47. The number of oxazole rings is 1. The average Bonchev–Trinajstić information content (AvgIpc) is 2.79. The average molecular weight is 293 g/mol. The molecule has 0 atom stereocenters. The maximum absolute atomic E-state index is 6.02. The Hall–Kier alpha value is -1.71. The Balaban J connectivity index is 2.28. The molecule has 3 nitrogen and oxygen atoms in total. The van der Waals surface area contributed by atoms with Gasteiger partial charge in [-0.25, -0.2) is 4.98 Å². The molecule has 2 N–H and O–H groups in total. The summed E-state index contributed by atoms with van der Waals surface area (Å²) < 4.78 is 5.77. The van der Waals surface area contributed by atoms with Crippen molar-refractivity contribution in [1.82, 2.24) is 4.98 Å². The summed E-state index contributed by atoms with van der Waals surface area (Å²) in [6, 6.07) is 9.07. The monoisotopic (exact) mass is 292 g/mol. The zero-order valence-electron chi connectivity index (χ0n) is 10.1. The summed E-state index contributed by atoms with van der Waals surface area (Å²) in [5.41, 5.74) is 9.51. The highest BCUT2D eigenvalue weighted by Gasteiger charge is 2.15. The standard InChI is InChI=1S/C14H10Cl2N2O/c1-7-3-2-4-11-13(7)19-14(18-11)9-5-8(15)6-10(16)12(9)17/h2-6H,17H2,1H3. The molecule has 0 aliphatic heterocycles. The Kier molecular flexibility index (Phi) is 2.88. The zero-order chi connectivity index (χ0) is 13.6. The van der Waals surface area contributed by atoms with E-state index in [0.29, 0.717) is 27.2 Å². The smallest absolute Gasteiger partial charge is 0.229 e. The lowest BCUT2D eigenvalue weighted by Gasteiger charge is -2.04. The van der Waals surface area contributed by atoms with Crippen LogP contribution < -0.4 is 5.73 Å². The highest BCUT2D eigenvalue weighted by molar-refractivity contribution is 6.37. The second kappa shape index (κ2) is 4.44. The normalized spacial score (nSPS) is 11.1. The van der Waals surface area contributed by atoms with E-state index in [1.807, 2.05) is 25.1 Å². The molecule has 2 aromatic carbocycles. The van der Waals surface area contributed by atoms with E-state index in [9.17, 15) is 0 Å². The Labute approximate surface area is 119 Å². The van der Waals surface area contributed by atoms with Gasteiger partial charge in [-0.2, -0.15) is 0 Å². The topological polar surface area (TPSA) is 52.0 Å². The Morgan fingerprint density at radius 3 is 2.74 bits per heavy atom. The molecule has 0 fully saturated rings. The molecule has 0 bridgehead atoms. The van der Waals surface area contributed by atoms with Crippen molar-refractivity contribution in [1.29, 1.82) is 0 Å². The lowest BCUT2D eigenvalue weighted by molar-refractivity contribution is 0.617. The van der Waals surface area contributed by atoms with Crippen LogP contribution in [0.1, 0.15) is 5.56 Å². The maximum atomic E-state index is 6.02. The molecule has 1 aromatic heterocycles. The third kappa shape index (κ3) is 2.05. The number of halogens is 2. The van der Waals surface area contributed by atoms with E-state index < -0.39 is 0 Å². The number of nitrogen functional groups attached to an aromatic ring is 1. The predicted octanol–water partition coefficient (Wildman–Crippen LogP) is 4.69. The summed E-state index contributed by atoms with van der Waals surface area (Å²) >= 11 is 12.0. The summed E-state index contributed by atoms with van der Waals surface area (Å²) in [4.78, 5) is 4.42. The van der Waals surface area contributed by atoms with Crippen LogP contribution >= 0.6 is 23.2 Å². The van der Waals surface area contributed by atoms with Crippen LogP contribution in [0.15, 0.2) is 34.7 Å². The first-order valence-corrected chi connectivity index (χ1v) is 6.43. The number of aromatic nitrogens is 1. The molecule has 5 heteroatoms. The highest BCUT2D eigenvalue weighted by atomic mass is 35.5. The van der Waals surface area contributed by atoms with Crippen molar-refractivity contribution in [3.05, 3.63) is 45.9 Å². The van der Waals surface area contributed by atoms with Gasteiger partial charge in [0, 0.05) is 5.02 Å². The van der Waals surface area contributed by atoms with Crippen molar-refractivity contribution < 1.29 is 4.42 Å². The molecule has 0 radical (unpaired) electrons. The van der Waals surface area contributed by atoms with Gasteiger partial charge in [0.2, 0.25) is 5.89 Å². The molecule has 1 heterocycles. The number of nitrogens with zero attached hydrogens (tertiary/aromatic N) is 1.